The topological polar surface area (TPSA) is 266 Å². The Bertz CT molecular complexity index is 2410. The van der Waals surface area contributed by atoms with E-state index < -0.39 is 71.6 Å². The van der Waals surface area contributed by atoms with Crippen LogP contribution in [-0.2, 0) is 54.4 Å². The van der Waals surface area contributed by atoms with Gasteiger partial charge in [-0.05, 0) is 88.8 Å². The molecule has 19 heteroatoms. The summed E-state index contributed by atoms with van der Waals surface area (Å²) in [5, 5.41) is 13.0. The molecule has 19 nitrogen and oxygen atoms in total. The number of ether oxygens (including phenoxy) is 1. The zero-order chi connectivity index (χ0) is 51.8. The summed E-state index contributed by atoms with van der Waals surface area (Å²) in [6.07, 6.45) is 4.31. The van der Waals surface area contributed by atoms with Gasteiger partial charge < -0.3 is 36.6 Å². The van der Waals surface area contributed by atoms with Gasteiger partial charge in [0.1, 0.15) is 17.8 Å². The predicted octanol–water partition coefficient (Wildman–Crippen LogP) is 3.95. The van der Waals surface area contributed by atoms with Gasteiger partial charge in [0.2, 0.25) is 23.6 Å². The minimum absolute atomic E-state index is 0.0113. The van der Waals surface area contributed by atoms with E-state index in [1.807, 2.05) is 63.2 Å². The summed E-state index contributed by atoms with van der Waals surface area (Å²) in [7, 11) is 0. The van der Waals surface area contributed by atoms with Crippen LogP contribution in [-0.4, -0.2) is 118 Å². The second kappa shape index (κ2) is 26.1. The SMILES string of the molecule is CC(C)(C)NC(=O)[C@H]1CN(C[C@@H](OC(=O)CCCCCNC(=O)CCCC(=O)ON2C(=O)CCC2=O)[C@H](Cc2ccccc2)NC(=O)[C@@H](CC(N)=O)NC(=O)c2ccc3ccccc3n2)CC2CCCCC21. The Morgan fingerprint density at radius 1 is 0.792 bits per heavy atom. The smallest absolute Gasteiger partial charge is 0.333 e. The molecular formula is C53H70N8O11. The van der Waals surface area contributed by atoms with Crippen molar-refractivity contribution < 1.29 is 52.7 Å². The van der Waals surface area contributed by atoms with Crippen molar-refractivity contribution in [2.45, 2.75) is 141 Å². The van der Waals surface area contributed by atoms with E-state index >= 15 is 0 Å². The highest BCUT2D eigenvalue weighted by molar-refractivity contribution is 6.02. The minimum atomic E-state index is -1.41. The van der Waals surface area contributed by atoms with E-state index in [-0.39, 0.29) is 86.8 Å². The van der Waals surface area contributed by atoms with Crippen molar-refractivity contribution in [2.24, 2.45) is 23.5 Å². The number of unbranched alkanes of at least 4 members (excludes halogenated alkanes) is 2. The maximum absolute atomic E-state index is 14.5. The van der Waals surface area contributed by atoms with Gasteiger partial charge in [0.05, 0.1) is 23.9 Å². The average molecular weight is 995 g/mol. The average Bonchev–Trinajstić information content (AvgIpc) is 3.65. The number of fused-ring (bicyclic) bond motifs is 2. The van der Waals surface area contributed by atoms with Crippen LogP contribution in [0.5, 0.6) is 0 Å². The van der Waals surface area contributed by atoms with Crippen molar-refractivity contribution in [3.8, 4) is 0 Å². The van der Waals surface area contributed by atoms with Gasteiger partial charge in [0.15, 0.2) is 0 Å². The summed E-state index contributed by atoms with van der Waals surface area (Å²) >= 11 is 0. The van der Waals surface area contributed by atoms with Gasteiger partial charge >= 0.3 is 11.9 Å². The molecule has 3 aromatic rings. The molecule has 7 amide bonds. The number of benzene rings is 2. The Morgan fingerprint density at radius 2 is 1.50 bits per heavy atom. The largest absolute Gasteiger partial charge is 0.459 e. The number of piperidine rings is 1. The molecule has 3 aliphatic rings. The predicted molar refractivity (Wildman–Crippen MR) is 265 cm³/mol. The Balaban J connectivity index is 1.14. The fourth-order valence-electron chi connectivity index (χ4n) is 9.78. The second-order valence-corrected chi connectivity index (χ2v) is 20.3. The number of amides is 7. The summed E-state index contributed by atoms with van der Waals surface area (Å²) in [5.41, 5.74) is 6.64. The van der Waals surface area contributed by atoms with Crippen molar-refractivity contribution in [3.05, 3.63) is 78.0 Å². The lowest BCUT2D eigenvalue weighted by Gasteiger charge is -2.47. The molecule has 3 heterocycles. The van der Waals surface area contributed by atoms with Crippen LogP contribution in [0.15, 0.2) is 66.7 Å². The van der Waals surface area contributed by atoms with Gasteiger partial charge in [-0.25, -0.2) is 9.78 Å². The molecule has 6 atom stereocenters. The lowest BCUT2D eigenvalue weighted by molar-refractivity contribution is -0.197. The third kappa shape index (κ3) is 16.7. The molecule has 72 heavy (non-hydrogen) atoms. The number of nitrogens with two attached hydrogens (primary N) is 1. The lowest BCUT2D eigenvalue weighted by Crippen LogP contribution is -2.59. The Kier molecular flexibility index (Phi) is 19.8. The molecule has 0 radical (unpaired) electrons. The number of imide groups is 1. The number of pyridine rings is 1. The molecule has 1 aliphatic carbocycles. The number of carbonyl (C=O) groups is 9. The number of aromatic nitrogens is 1. The molecule has 1 saturated carbocycles. The fraction of sp³-hybridized carbons (Fsp3) is 0.547. The van der Waals surface area contributed by atoms with Gasteiger partial charge in [-0.1, -0.05) is 73.9 Å². The maximum atomic E-state index is 14.5. The third-order valence-corrected chi connectivity index (χ3v) is 13.3. The molecule has 2 aliphatic heterocycles. The van der Waals surface area contributed by atoms with Gasteiger partial charge in [-0.15, -0.1) is 5.06 Å². The van der Waals surface area contributed by atoms with Crippen molar-refractivity contribution >= 4 is 64.2 Å². The lowest BCUT2D eigenvalue weighted by atomic mass is 9.69. The number of hydroxylamine groups is 2. The van der Waals surface area contributed by atoms with Crippen molar-refractivity contribution in [3.63, 3.8) is 0 Å². The molecule has 2 saturated heterocycles. The zero-order valence-corrected chi connectivity index (χ0v) is 41.7. The Hall–Kier alpha value is -6.76. The van der Waals surface area contributed by atoms with Gasteiger partial charge in [-0.3, -0.25) is 43.3 Å². The molecule has 0 bridgehead atoms. The molecule has 2 unspecified atom stereocenters. The van der Waals surface area contributed by atoms with Crippen LogP contribution in [0.1, 0.15) is 127 Å². The summed E-state index contributed by atoms with van der Waals surface area (Å²) in [5.74, 6) is -4.86. The summed E-state index contributed by atoms with van der Waals surface area (Å²) < 4.78 is 6.38. The van der Waals surface area contributed by atoms with E-state index in [4.69, 9.17) is 15.3 Å². The minimum Gasteiger partial charge on any atom is -0.459 e. The van der Waals surface area contributed by atoms with E-state index in [9.17, 15) is 43.2 Å². The molecule has 388 valence electrons. The highest BCUT2D eigenvalue weighted by Crippen LogP contribution is 2.40. The number of para-hydroxylation sites is 1. The van der Waals surface area contributed by atoms with Crippen LogP contribution in [0.3, 0.4) is 0 Å². The number of hydrogen-bond donors (Lipinski definition) is 5. The van der Waals surface area contributed by atoms with E-state index in [0.29, 0.717) is 49.5 Å². The van der Waals surface area contributed by atoms with Crippen LogP contribution in [0.2, 0.25) is 0 Å². The normalized spacial score (nSPS) is 19.3. The Labute approximate surface area is 420 Å². The fourth-order valence-corrected chi connectivity index (χ4v) is 9.78. The van der Waals surface area contributed by atoms with E-state index in [1.165, 1.54) is 6.07 Å². The Morgan fingerprint density at radius 3 is 2.24 bits per heavy atom. The van der Waals surface area contributed by atoms with Crippen molar-refractivity contribution in [2.75, 3.05) is 26.2 Å². The summed E-state index contributed by atoms with van der Waals surface area (Å²) in [6.45, 7) is 7.45. The van der Waals surface area contributed by atoms with Gasteiger partial charge in [-0.2, -0.15) is 0 Å². The summed E-state index contributed by atoms with van der Waals surface area (Å²) in [4.78, 5) is 128. The quantitative estimate of drug-likeness (QED) is 0.0484. The number of nitrogens with zero attached hydrogens (tertiary/aromatic N) is 3. The first-order valence-corrected chi connectivity index (χ1v) is 25.3. The van der Waals surface area contributed by atoms with Crippen molar-refractivity contribution in [1.82, 2.24) is 36.2 Å². The number of primary amides is 1. The van der Waals surface area contributed by atoms with E-state index in [2.05, 4.69) is 31.2 Å². The van der Waals surface area contributed by atoms with Crippen LogP contribution in [0.25, 0.3) is 10.9 Å². The maximum Gasteiger partial charge on any atom is 0.333 e. The number of carbonyl (C=O) groups excluding carboxylic acids is 9. The van der Waals surface area contributed by atoms with Crippen LogP contribution in [0, 0.1) is 17.8 Å². The van der Waals surface area contributed by atoms with E-state index in [1.54, 1.807) is 18.2 Å². The number of nitrogens with one attached hydrogen (secondary N) is 4. The van der Waals surface area contributed by atoms with E-state index in [0.717, 1.165) is 36.6 Å². The molecule has 0 spiro atoms. The molecule has 3 fully saturated rings. The number of rotatable bonds is 24. The standard InChI is InChI=1S/C53H70N8O11/c1-53(2,3)59-50(68)38-32-60(31-36-18-9-11-19-37(36)38)33-43(71-48(66)22-8-5-13-28-55-45(63)21-14-23-49(67)72-61-46(64)26-27-47(61)65)41(29-34-15-6-4-7-16-34)57-52(70)42(30-44(54)62)58-51(69)40-25-24-35-17-10-12-20-39(35)56-40/h4,6-7,10,12,15-17,20,24-25,36-38,41-43H,5,8-9,11,13-14,18-19,21-23,26-33H2,1-3H3,(H2,54,62)(H,55,63)(H,57,70)(H,58,69)(H,59,68)/t36?,37?,38-,41-,42+,43+/m0/s1. The highest BCUT2D eigenvalue weighted by atomic mass is 16.7. The second-order valence-electron chi connectivity index (χ2n) is 20.3. The number of hydrogen-bond acceptors (Lipinski definition) is 13. The molecule has 6 N–H and O–H groups in total. The molecular weight excluding hydrogens is 925 g/mol. The van der Waals surface area contributed by atoms with Gasteiger partial charge in [0.25, 0.3) is 17.7 Å². The van der Waals surface area contributed by atoms with Crippen LogP contribution >= 0.6 is 0 Å². The first kappa shape index (κ1) is 54.6. The highest BCUT2D eigenvalue weighted by Gasteiger charge is 2.44. The van der Waals surface area contributed by atoms with Crippen LogP contribution in [0.4, 0.5) is 0 Å². The molecule has 1 aromatic heterocycles. The molecule has 6 rings (SSSR count). The summed E-state index contributed by atoms with van der Waals surface area (Å²) in [6, 6.07) is 17.6. The zero-order valence-electron chi connectivity index (χ0n) is 41.7. The van der Waals surface area contributed by atoms with Crippen LogP contribution < -0.4 is 27.0 Å². The van der Waals surface area contributed by atoms with Gasteiger partial charge in [0, 0.05) is 69.2 Å². The first-order chi connectivity index (χ1) is 34.4. The number of likely N-dealkylation sites (tertiary alicyclic amines) is 1. The monoisotopic (exact) mass is 995 g/mol. The number of esters is 1. The van der Waals surface area contributed by atoms with Crippen molar-refractivity contribution in [1.29, 1.82) is 0 Å². The third-order valence-electron chi connectivity index (χ3n) is 13.3. The first-order valence-electron chi connectivity index (χ1n) is 25.3. The molecule has 2 aromatic carbocycles.